The molecule has 10 heteroatoms. The summed E-state index contributed by atoms with van der Waals surface area (Å²) in [6, 6.07) is 16.8. The van der Waals surface area contributed by atoms with E-state index in [9.17, 15) is 14.7 Å². The van der Waals surface area contributed by atoms with Gasteiger partial charge in [-0.15, -0.1) is 11.3 Å². The molecule has 0 aliphatic heterocycles. The largest absolute Gasteiger partial charge is 0.497 e. The number of carbonyl (C=O) groups is 2. The molecular formula is C24H28N4O4S2. The van der Waals surface area contributed by atoms with Crippen LogP contribution in [-0.2, 0) is 17.8 Å². The van der Waals surface area contributed by atoms with Crippen molar-refractivity contribution in [1.29, 1.82) is 0 Å². The first kappa shape index (κ1) is 25.7. The molecule has 1 aromatic heterocycles. The van der Waals surface area contributed by atoms with Crippen LogP contribution in [-0.4, -0.2) is 40.5 Å². The molecule has 0 aliphatic carbocycles. The summed E-state index contributed by atoms with van der Waals surface area (Å²) < 4.78 is 7.62. The fourth-order valence-corrected chi connectivity index (χ4v) is 4.63. The van der Waals surface area contributed by atoms with Crippen molar-refractivity contribution >= 4 is 35.3 Å². The van der Waals surface area contributed by atoms with Gasteiger partial charge in [0, 0.05) is 23.6 Å². The molecule has 0 radical (unpaired) electrons. The average Bonchev–Trinajstić information content (AvgIpc) is 3.23. The maximum Gasteiger partial charge on any atom is 0.281 e. The van der Waals surface area contributed by atoms with Crippen LogP contribution in [0, 0.1) is 6.92 Å². The highest BCUT2D eigenvalue weighted by Gasteiger charge is 2.26. The number of amides is 2. The first-order valence-electron chi connectivity index (χ1n) is 10.7. The molecule has 0 saturated carbocycles. The van der Waals surface area contributed by atoms with E-state index in [4.69, 9.17) is 9.88 Å². The number of nitrogens with two attached hydrogens (primary N) is 1. The Morgan fingerprint density at radius 2 is 1.91 bits per heavy atom. The number of aliphatic hydroxyl groups excluding tert-OH is 1. The Morgan fingerprint density at radius 1 is 1.21 bits per heavy atom. The third-order valence-electron chi connectivity index (χ3n) is 5.25. The van der Waals surface area contributed by atoms with E-state index in [0.717, 1.165) is 11.3 Å². The molecule has 0 bridgehead atoms. The van der Waals surface area contributed by atoms with Crippen molar-refractivity contribution in [3.63, 3.8) is 0 Å². The van der Waals surface area contributed by atoms with Gasteiger partial charge in [0.1, 0.15) is 16.5 Å². The second-order valence-electron chi connectivity index (χ2n) is 7.59. The van der Waals surface area contributed by atoms with Gasteiger partial charge in [0.2, 0.25) is 0 Å². The SMILES string of the molecule is COc1ccc(C(O)C(=O)N(CCCc2ccccc2)Cc2nc(C(=O)NSN)c(C)s2)cc1. The number of nitrogens with zero attached hydrogens (tertiary/aromatic N) is 2. The number of rotatable bonds is 11. The molecule has 0 saturated heterocycles. The number of nitrogens with one attached hydrogen (secondary N) is 1. The third kappa shape index (κ3) is 6.80. The van der Waals surface area contributed by atoms with Gasteiger partial charge in [0.15, 0.2) is 6.10 Å². The van der Waals surface area contributed by atoms with Crippen molar-refractivity contribution < 1.29 is 19.4 Å². The predicted octanol–water partition coefficient (Wildman–Crippen LogP) is 3.41. The Bertz CT molecular complexity index is 1090. The van der Waals surface area contributed by atoms with Gasteiger partial charge in [0.25, 0.3) is 11.8 Å². The summed E-state index contributed by atoms with van der Waals surface area (Å²) in [4.78, 5) is 32.2. The molecule has 34 heavy (non-hydrogen) atoms. The summed E-state index contributed by atoms with van der Waals surface area (Å²) >= 11 is 2.06. The Balaban J connectivity index is 1.77. The summed E-state index contributed by atoms with van der Waals surface area (Å²) in [5, 5.41) is 16.7. The number of hydrogen-bond donors (Lipinski definition) is 3. The quantitative estimate of drug-likeness (QED) is 0.345. The van der Waals surface area contributed by atoms with Gasteiger partial charge in [-0.25, -0.2) is 4.98 Å². The van der Waals surface area contributed by atoms with E-state index in [1.54, 1.807) is 43.2 Å². The Labute approximate surface area is 207 Å². The van der Waals surface area contributed by atoms with Gasteiger partial charge in [-0.3, -0.25) is 19.5 Å². The predicted molar refractivity (Wildman–Crippen MR) is 134 cm³/mol. The van der Waals surface area contributed by atoms with Gasteiger partial charge in [0.05, 0.1) is 13.7 Å². The van der Waals surface area contributed by atoms with Gasteiger partial charge in [-0.05, 0) is 43.0 Å². The molecule has 8 nitrogen and oxygen atoms in total. The van der Waals surface area contributed by atoms with Crippen LogP contribution >= 0.6 is 23.5 Å². The smallest absolute Gasteiger partial charge is 0.281 e. The molecule has 2 amide bonds. The van der Waals surface area contributed by atoms with Crippen molar-refractivity contribution in [3.8, 4) is 5.75 Å². The van der Waals surface area contributed by atoms with E-state index >= 15 is 0 Å². The number of carbonyl (C=O) groups excluding carboxylic acids is 2. The number of aromatic nitrogens is 1. The molecule has 180 valence electrons. The molecule has 3 rings (SSSR count). The van der Waals surface area contributed by atoms with E-state index in [0.29, 0.717) is 41.4 Å². The first-order valence-corrected chi connectivity index (χ1v) is 12.4. The second kappa shape index (κ2) is 12.5. The summed E-state index contributed by atoms with van der Waals surface area (Å²) in [5.41, 5.74) is 1.94. The maximum atomic E-state index is 13.3. The monoisotopic (exact) mass is 500 g/mol. The van der Waals surface area contributed by atoms with Crippen LogP contribution in [0.3, 0.4) is 0 Å². The number of thiazole rings is 1. The van der Waals surface area contributed by atoms with Crippen LogP contribution in [0.2, 0.25) is 0 Å². The third-order valence-corrected chi connectivity index (χ3v) is 6.51. The highest BCUT2D eigenvalue weighted by molar-refractivity contribution is 7.95. The number of benzene rings is 2. The molecule has 0 fully saturated rings. The number of aliphatic hydroxyl groups is 1. The summed E-state index contributed by atoms with van der Waals surface area (Å²) in [5.74, 6) is -0.162. The molecule has 4 N–H and O–H groups in total. The van der Waals surface area contributed by atoms with Gasteiger partial charge in [-0.1, -0.05) is 42.5 Å². The Kier molecular flexibility index (Phi) is 9.46. The standard InChI is InChI=1S/C24H28N4O4S2/c1-16-21(23(30)27-34-25)26-20(33-16)15-28(14-6-9-17-7-4-3-5-8-17)24(31)22(29)18-10-12-19(32-2)13-11-18/h3-5,7-8,10-13,22,29H,6,9,14-15,25H2,1-2H3,(H,27,30). The molecule has 2 aromatic carbocycles. The van der Waals surface area contributed by atoms with Crippen LogP contribution in [0.15, 0.2) is 54.6 Å². The summed E-state index contributed by atoms with van der Waals surface area (Å²) in [7, 11) is 1.56. The molecule has 1 unspecified atom stereocenters. The van der Waals surface area contributed by atoms with Gasteiger partial charge in [-0.2, -0.15) is 0 Å². The van der Waals surface area contributed by atoms with E-state index in [1.165, 1.54) is 16.9 Å². The number of ether oxygens (including phenoxy) is 1. The van der Waals surface area contributed by atoms with Gasteiger partial charge < -0.3 is 14.7 Å². The van der Waals surface area contributed by atoms with E-state index in [-0.39, 0.29) is 18.1 Å². The summed E-state index contributed by atoms with van der Waals surface area (Å²) in [6.45, 7) is 2.42. The molecule has 3 aromatic rings. The Morgan fingerprint density at radius 3 is 2.56 bits per heavy atom. The van der Waals surface area contributed by atoms with Crippen molar-refractivity contribution in [2.75, 3.05) is 13.7 Å². The number of methoxy groups -OCH3 is 1. The minimum Gasteiger partial charge on any atom is -0.497 e. The van der Waals surface area contributed by atoms with Gasteiger partial charge >= 0.3 is 0 Å². The zero-order valence-corrected chi connectivity index (χ0v) is 20.7. The maximum absolute atomic E-state index is 13.3. The van der Waals surface area contributed by atoms with E-state index < -0.39 is 12.0 Å². The molecule has 1 heterocycles. The molecule has 0 aliphatic rings. The topological polar surface area (TPSA) is 118 Å². The molecule has 1 atom stereocenters. The number of aryl methyl sites for hydroxylation is 2. The van der Waals surface area contributed by atoms with E-state index in [1.807, 2.05) is 30.3 Å². The van der Waals surface area contributed by atoms with Crippen LogP contribution in [0.4, 0.5) is 0 Å². The van der Waals surface area contributed by atoms with Crippen LogP contribution in [0.1, 0.15) is 44.0 Å². The first-order chi connectivity index (χ1) is 16.4. The molecule has 0 spiro atoms. The minimum atomic E-state index is -1.32. The number of hydrogen-bond acceptors (Lipinski definition) is 8. The Hall–Kier alpha value is -2.92. The van der Waals surface area contributed by atoms with Crippen LogP contribution in [0.25, 0.3) is 0 Å². The van der Waals surface area contributed by atoms with Crippen LogP contribution < -0.4 is 14.6 Å². The lowest BCUT2D eigenvalue weighted by Crippen LogP contribution is -2.35. The second-order valence-corrected chi connectivity index (χ2v) is 9.31. The van der Waals surface area contributed by atoms with Crippen molar-refractivity contribution in [3.05, 3.63) is 81.3 Å². The van der Waals surface area contributed by atoms with Crippen molar-refractivity contribution in [2.24, 2.45) is 5.14 Å². The zero-order chi connectivity index (χ0) is 24.5. The lowest BCUT2D eigenvalue weighted by atomic mass is 10.1. The van der Waals surface area contributed by atoms with Crippen LogP contribution in [0.5, 0.6) is 5.75 Å². The van der Waals surface area contributed by atoms with Crippen molar-refractivity contribution in [2.45, 2.75) is 32.4 Å². The molecular weight excluding hydrogens is 472 g/mol. The van der Waals surface area contributed by atoms with Crippen molar-refractivity contribution in [1.82, 2.24) is 14.6 Å². The highest BCUT2D eigenvalue weighted by atomic mass is 32.2. The lowest BCUT2D eigenvalue weighted by molar-refractivity contribution is -0.141. The fourth-order valence-electron chi connectivity index (χ4n) is 3.48. The summed E-state index contributed by atoms with van der Waals surface area (Å²) in [6.07, 6.45) is 0.189. The fraction of sp³-hybridized carbons (Fsp3) is 0.292. The highest BCUT2D eigenvalue weighted by Crippen LogP contribution is 2.24. The van der Waals surface area contributed by atoms with E-state index in [2.05, 4.69) is 9.71 Å². The average molecular weight is 501 g/mol. The lowest BCUT2D eigenvalue weighted by Gasteiger charge is -2.25. The minimum absolute atomic E-state index is 0.190. The zero-order valence-electron chi connectivity index (χ0n) is 19.1. The normalized spacial score (nSPS) is 11.6.